The lowest BCUT2D eigenvalue weighted by Crippen LogP contribution is -2.43. The second kappa shape index (κ2) is 10.6. The van der Waals surface area contributed by atoms with E-state index in [-0.39, 0.29) is 12.0 Å². The summed E-state index contributed by atoms with van der Waals surface area (Å²) in [6.07, 6.45) is 4.02. The SMILES string of the molecule is CCCCOc1c(Cl)cc(C(=O)N2CCCC(OCC)C2)cc1OCC. The summed E-state index contributed by atoms with van der Waals surface area (Å²) >= 11 is 6.41. The third-order valence-electron chi connectivity index (χ3n) is 4.37. The number of ether oxygens (including phenoxy) is 3. The van der Waals surface area contributed by atoms with Crippen LogP contribution in [0.2, 0.25) is 5.02 Å². The first-order valence-corrected chi connectivity index (χ1v) is 9.98. The molecule has 0 saturated carbocycles. The van der Waals surface area contributed by atoms with E-state index in [9.17, 15) is 4.79 Å². The van der Waals surface area contributed by atoms with Crippen LogP contribution >= 0.6 is 11.6 Å². The average Bonchev–Trinajstić information content (AvgIpc) is 2.64. The Morgan fingerprint density at radius 1 is 1.23 bits per heavy atom. The first-order valence-electron chi connectivity index (χ1n) is 9.60. The number of benzene rings is 1. The van der Waals surface area contributed by atoms with Crippen molar-refractivity contribution in [1.82, 2.24) is 4.90 Å². The molecule has 0 radical (unpaired) electrons. The van der Waals surface area contributed by atoms with Gasteiger partial charge in [0.25, 0.3) is 5.91 Å². The average molecular weight is 384 g/mol. The van der Waals surface area contributed by atoms with Gasteiger partial charge in [0, 0.05) is 25.3 Å². The number of rotatable bonds is 9. The van der Waals surface area contributed by atoms with Crippen LogP contribution in [0.5, 0.6) is 11.5 Å². The van der Waals surface area contributed by atoms with Gasteiger partial charge >= 0.3 is 0 Å². The predicted molar refractivity (Wildman–Crippen MR) is 104 cm³/mol. The van der Waals surface area contributed by atoms with Crippen LogP contribution in [0, 0.1) is 0 Å². The van der Waals surface area contributed by atoms with Crippen LogP contribution in [0.3, 0.4) is 0 Å². The van der Waals surface area contributed by atoms with Gasteiger partial charge < -0.3 is 19.1 Å². The minimum absolute atomic E-state index is 0.0441. The summed E-state index contributed by atoms with van der Waals surface area (Å²) in [4.78, 5) is 14.8. The molecule has 2 rings (SSSR count). The third-order valence-corrected chi connectivity index (χ3v) is 4.65. The molecular weight excluding hydrogens is 354 g/mol. The first-order chi connectivity index (χ1) is 12.6. The first kappa shape index (κ1) is 20.8. The van der Waals surface area contributed by atoms with E-state index in [2.05, 4.69) is 6.92 Å². The Labute approximate surface area is 161 Å². The topological polar surface area (TPSA) is 48.0 Å². The number of hydrogen-bond donors (Lipinski definition) is 0. The normalized spacial score (nSPS) is 17.2. The van der Waals surface area contributed by atoms with Crippen molar-refractivity contribution in [2.75, 3.05) is 32.9 Å². The number of piperidine rings is 1. The van der Waals surface area contributed by atoms with Crippen LogP contribution in [0.1, 0.15) is 56.8 Å². The van der Waals surface area contributed by atoms with E-state index in [1.54, 1.807) is 12.1 Å². The number of unbranched alkanes of at least 4 members (excludes halogenated alkanes) is 1. The number of carbonyl (C=O) groups is 1. The summed E-state index contributed by atoms with van der Waals surface area (Å²) in [7, 11) is 0. The maximum Gasteiger partial charge on any atom is 0.254 e. The summed E-state index contributed by atoms with van der Waals surface area (Å²) in [6, 6.07) is 3.42. The second-order valence-electron chi connectivity index (χ2n) is 6.39. The molecule has 1 aliphatic heterocycles. The van der Waals surface area contributed by atoms with E-state index < -0.39 is 0 Å². The Bertz CT molecular complexity index is 591. The molecule has 1 amide bonds. The number of nitrogens with zero attached hydrogens (tertiary/aromatic N) is 1. The van der Waals surface area contributed by atoms with Crippen LogP contribution in [-0.4, -0.2) is 49.8 Å². The molecule has 1 aromatic carbocycles. The zero-order valence-corrected chi connectivity index (χ0v) is 16.8. The molecule has 6 heteroatoms. The zero-order chi connectivity index (χ0) is 18.9. The van der Waals surface area contributed by atoms with Crippen LogP contribution in [-0.2, 0) is 4.74 Å². The molecule has 146 valence electrons. The van der Waals surface area contributed by atoms with Gasteiger partial charge in [-0.25, -0.2) is 0 Å². The molecule has 1 atom stereocenters. The molecule has 1 aliphatic rings. The Morgan fingerprint density at radius 3 is 2.73 bits per heavy atom. The van der Waals surface area contributed by atoms with Gasteiger partial charge in [-0.15, -0.1) is 0 Å². The standard InChI is InChI=1S/C20H30ClNO4/c1-4-7-11-26-19-17(21)12-15(13-18(19)25-6-3)20(23)22-10-8-9-16(14-22)24-5-2/h12-13,16H,4-11,14H2,1-3H3. The molecule has 1 aromatic rings. The van der Waals surface area contributed by atoms with Crippen LogP contribution in [0.25, 0.3) is 0 Å². The maximum atomic E-state index is 12.9. The summed E-state index contributed by atoms with van der Waals surface area (Å²) in [5, 5.41) is 0.411. The predicted octanol–water partition coefficient (Wildman–Crippen LogP) is 4.56. The van der Waals surface area contributed by atoms with Crippen molar-refractivity contribution in [2.45, 2.75) is 52.6 Å². The minimum atomic E-state index is -0.0441. The molecular formula is C20H30ClNO4. The Kier molecular flexibility index (Phi) is 8.52. The van der Waals surface area contributed by atoms with Gasteiger partial charge in [-0.05, 0) is 45.2 Å². The lowest BCUT2D eigenvalue weighted by atomic mass is 10.1. The number of likely N-dealkylation sites (tertiary alicyclic amines) is 1. The van der Waals surface area contributed by atoms with E-state index >= 15 is 0 Å². The molecule has 5 nitrogen and oxygen atoms in total. The van der Waals surface area contributed by atoms with E-state index in [1.165, 1.54) is 0 Å². The molecule has 0 N–H and O–H groups in total. The summed E-state index contributed by atoms with van der Waals surface area (Å²) in [5.41, 5.74) is 0.526. The summed E-state index contributed by atoms with van der Waals surface area (Å²) < 4.78 is 17.2. The highest BCUT2D eigenvalue weighted by molar-refractivity contribution is 6.32. The van der Waals surface area contributed by atoms with E-state index in [0.717, 1.165) is 32.2 Å². The quantitative estimate of drug-likeness (QED) is 0.586. The van der Waals surface area contributed by atoms with Crippen molar-refractivity contribution in [3.8, 4) is 11.5 Å². The van der Waals surface area contributed by atoms with Crippen molar-refractivity contribution in [1.29, 1.82) is 0 Å². The Morgan fingerprint density at radius 2 is 2.04 bits per heavy atom. The lowest BCUT2D eigenvalue weighted by molar-refractivity contribution is 0.00723. The fourth-order valence-electron chi connectivity index (χ4n) is 3.09. The zero-order valence-electron chi connectivity index (χ0n) is 16.1. The van der Waals surface area contributed by atoms with Crippen LogP contribution < -0.4 is 9.47 Å². The molecule has 1 fully saturated rings. The Balaban J connectivity index is 2.18. The summed E-state index contributed by atoms with van der Waals surface area (Å²) in [5.74, 6) is 1.000. The highest BCUT2D eigenvalue weighted by Gasteiger charge is 2.26. The van der Waals surface area contributed by atoms with Crippen molar-refractivity contribution >= 4 is 17.5 Å². The largest absolute Gasteiger partial charge is 0.490 e. The molecule has 0 aliphatic carbocycles. The second-order valence-corrected chi connectivity index (χ2v) is 6.80. The van der Waals surface area contributed by atoms with Gasteiger partial charge in [0.2, 0.25) is 0 Å². The van der Waals surface area contributed by atoms with Crippen molar-refractivity contribution in [3.05, 3.63) is 22.7 Å². The molecule has 1 heterocycles. The molecule has 1 saturated heterocycles. The molecule has 1 unspecified atom stereocenters. The van der Waals surface area contributed by atoms with Gasteiger partial charge in [0.1, 0.15) is 0 Å². The molecule has 0 aromatic heterocycles. The maximum absolute atomic E-state index is 12.9. The Hall–Kier alpha value is -1.46. The lowest BCUT2D eigenvalue weighted by Gasteiger charge is -2.32. The van der Waals surface area contributed by atoms with E-state index in [0.29, 0.717) is 48.5 Å². The van der Waals surface area contributed by atoms with Gasteiger partial charge in [0.15, 0.2) is 11.5 Å². The van der Waals surface area contributed by atoms with Crippen LogP contribution in [0.4, 0.5) is 0 Å². The number of halogens is 1. The van der Waals surface area contributed by atoms with E-state index in [1.807, 2.05) is 18.7 Å². The molecule has 26 heavy (non-hydrogen) atoms. The van der Waals surface area contributed by atoms with Gasteiger partial charge in [-0.1, -0.05) is 24.9 Å². The highest BCUT2D eigenvalue weighted by Crippen LogP contribution is 2.37. The fourth-order valence-corrected chi connectivity index (χ4v) is 3.36. The fraction of sp³-hybridized carbons (Fsp3) is 0.650. The molecule has 0 spiro atoms. The van der Waals surface area contributed by atoms with Gasteiger partial charge in [-0.3, -0.25) is 4.79 Å². The number of hydrogen-bond acceptors (Lipinski definition) is 4. The van der Waals surface area contributed by atoms with E-state index in [4.69, 9.17) is 25.8 Å². The minimum Gasteiger partial charge on any atom is -0.490 e. The third kappa shape index (κ3) is 5.52. The summed E-state index contributed by atoms with van der Waals surface area (Å²) in [6.45, 7) is 9.05. The molecule has 0 bridgehead atoms. The van der Waals surface area contributed by atoms with Gasteiger partial charge in [-0.2, -0.15) is 0 Å². The number of amides is 1. The van der Waals surface area contributed by atoms with Crippen LogP contribution in [0.15, 0.2) is 12.1 Å². The monoisotopic (exact) mass is 383 g/mol. The smallest absolute Gasteiger partial charge is 0.254 e. The van der Waals surface area contributed by atoms with Crippen molar-refractivity contribution in [3.63, 3.8) is 0 Å². The highest BCUT2D eigenvalue weighted by atomic mass is 35.5. The number of carbonyl (C=O) groups excluding carboxylic acids is 1. The van der Waals surface area contributed by atoms with Crippen molar-refractivity contribution < 1.29 is 19.0 Å². The van der Waals surface area contributed by atoms with Gasteiger partial charge in [0.05, 0.1) is 24.3 Å². The van der Waals surface area contributed by atoms with Crippen molar-refractivity contribution in [2.24, 2.45) is 0 Å².